The Bertz CT molecular complexity index is 1200. The summed E-state index contributed by atoms with van der Waals surface area (Å²) in [5.41, 5.74) is 0.840. The topological polar surface area (TPSA) is 133 Å². The van der Waals surface area contributed by atoms with Gasteiger partial charge in [0, 0.05) is 0 Å². The molecule has 12 heteroatoms. The van der Waals surface area contributed by atoms with Crippen LogP contribution in [0.25, 0.3) is 0 Å². The quantitative estimate of drug-likeness (QED) is 0.344. The fraction of sp³-hybridized carbons (Fsp3) is 0.536. The summed E-state index contributed by atoms with van der Waals surface area (Å²) < 4.78 is 49.8. The number of carbonyl (C=O) groups is 1. The van der Waals surface area contributed by atoms with Crippen LogP contribution in [0.15, 0.2) is 59.5 Å². The molecule has 0 bridgehead atoms. The van der Waals surface area contributed by atoms with Gasteiger partial charge in [-0.3, -0.25) is 4.84 Å². The zero-order valence-corrected chi connectivity index (χ0v) is 23.8. The maximum Gasteiger partial charge on any atom is 0.407 e. The van der Waals surface area contributed by atoms with Gasteiger partial charge in [-0.15, -0.1) is 0 Å². The van der Waals surface area contributed by atoms with Gasteiger partial charge in [-0.25, -0.2) is 13.2 Å². The monoisotopic (exact) mass is 578 g/mol. The third-order valence-electron chi connectivity index (χ3n) is 7.14. The van der Waals surface area contributed by atoms with E-state index in [1.54, 1.807) is 6.92 Å². The van der Waals surface area contributed by atoms with E-state index in [4.69, 9.17) is 23.8 Å². The predicted octanol–water partition coefficient (Wildman–Crippen LogP) is 2.88. The number of aliphatic hydroxyl groups is 1. The maximum absolute atomic E-state index is 13.6. The highest BCUT2D eigenvalue weighted by Gasteiger charge is 2.44. The number of alkyl carbamates (subject to hydrolysis) is 1. The largest absolute Gasteiger partial charge is 0.497 e. The van der Waals surface area contributed by atoms with Crippen LogP contribution in [0.4, 0.5) is 4.79 Å². The second-order valence-corrected chi connectivity index (χ2v) is 11.8. The standard InChI is InChI=1S/C28H38N2O9S/c1-4-19(2)39-30(40(33,34)22-12-10-21(35-3)11-13-22)17-25(31)24(16-20-8-6-5-7-9-20)29-28(32)38-26-18-37-27-23(26)14-15-36-27/h5-13,19,23-27,31H,4,14-18H2,1-3H3,(H,29,32)/t19?,23-,24-,25+,26?,27+/m0/s1. The van der Waals surface area contributed by atoms with Gasteiger partial charge in [0.15, 0.2) is 6.29 Å². The van der Waals surface area contributed by atoms with Gasteiger partial charge in [0.25, 0.3) is 10.0 Å². The number of amides is 1. The second kappa shape index (κ2) is 13.7. The third-order valence-corrected chi connectivity index (χ3v) is 8.78. The molecule has 220 valence electrons. The number of carbonyl (C=O) groups excluding carboxylic acids is 1. The van der Waals surface area contributed by atoms with E-state index in [1.807, 2.05) is 37.3 Å². The van der Waals surface area contributed by atoms with Crippen molar-refractivity contribution in [2.75, 3.05) is 26.9 Å². The van der Waals surface area contributed by atoms with Crippen molar-refractivity contribution in [1.29, 1.82) is 0 Å². The number of fused-ring (bicyclic) bond motifs is 1. The Labute approximate surface area is 235 Å². The average Bonchev–Trinajstić information content (AvgIpc) is 3.58. The highest BCUT2D eigenvalue weighted by atomic mass is 32.2. The molecule has 2 N–H and O–H groups in total. The number of hydrogen-bond acceptors (Lipinski definition) is 9. The van der Waals surface area contributed by atoms with Gasteiger partial charge < -0.3 is 29.4 Å². The van der Waals surface area contributed by atoms with E-state index in [0.717, 1.165) is 16.5 Å². The lowest BCUT2D eigenvalue weighted by Gasteiger charge is -2.30. The number of aliphatic hydroxyl groups excluding tert-OH is 1. The van der Waals surface area contributed by atoms with Crippen molar-refractivity contribution in [2.24, 2.45) is 5.92 Å². The van der Waals surface area contributed by atoms with E-state index >= 15 is 0 Å². The highest BCUT2D eigenvalue weighted by molar-refractivity contribution is 7.89. The normalized spacial score (nSPS) is 22.9. The molecule has 1 amide bonds. The first kappa shape index (κ1) is 30.2. The Hall–Kier alpha value is -2.74. The van der Waals surface area contributed by atoms with Crippen LogP contribution in [-0.4, -0.2) is 81.6 Å². The van der Waals surface area contributed by atoms with Crippen molar-refractivity contribution >= 4 is 16.1 Å². The molecule has 2 aliphatic heterocycles. The van der Waals surface area contributed by atoms with Crippen LogP contribution in [-0.2, 0) is 35.5 Å². The molecule has 2 heterocycles. The van der Waals surface area contributed by atoms with Gasteiger partial charge in [0.2, 0.25) is 0 Å². The van der Waals surface area contributed by atoms with Crippen LogP contribution in [0.3, 0.4) is 0 Å². The molecule has 2 aromatic carbocycles. The Kier molecular flexibility index (Phi) is 10.4. The van der Waals surface area contributed by atoms with Gasteiger partial charge >= 0.3 is 6.09 Å². The van der Waals surface area contributed by atoms with Gasteiger partial charge in [0.1, 0.15) is 11.9 Å². The summed E-state index contributed by atoms with van der Waals surface area (Å²) in [6.45, 7) is 3.94. The maximum atomic E-state index is 13.6. The van der Waals surface area contributed by atoms with Gasteiger partial charge in [-0.1, -0.05) is 41.7 Å². The minimum absolute atomic E-state index is 0.0228. The Morgan fingerprint density at radius 1 is 1.15 bits per heavy atom. The molecule has 2 fully saturated rings. The van der Waals surface area contributed by atoms with Gasteiger partial charge in [-0.05, 0) is 56.0 Å². The zero-order chi connectivity index (χ0) is 28.7. The Balaban J connectivity index is 1.52. The van der Waals surface area contributed by atoms with Gasteiger partial charge in [0.05, 0.1) is 55.9 Å². The van der Waals surface area contributed by atoms with Crippen LogP contribution in [0, 0.1) is 5.92 Å². The molecule has 2 aromatic rings. The number of nitrogens with zero attached hydrogens (tertiary/aromatic N) is 1. The Morgan fingerprint density at radius 2 is 1.88 bits per heavy atom. The van der Waals surface area contributed by atoms with E-state index in [1.165, 1.54) is 31.4 Å². The van der Waals surface area contributed by atoms with Crippen LogP contribution in [0.5, 0.6) is 5.75 Å². The molecule has 4 rings (SSSR count). The third kappa shape index (κ3) is 7.50. The molecule has 6 atom stereocenters. The number of benzene rings is 2. The smallest absolute Gasteiger partial charge is 0.407 e. The molecular weight excluding hydrogens is 540 g/mol. The lowest BCUT2D eigenvalue weighted by atomic mass is 10.0. The SMILES string of the molecule is CCC(C)ON(C[C@@H](O)[C@H](Cc1ccccc1)NC(=O)OC1CO[C@H]2OCC[C@@H]12)S(=O)(=O)c1ccc(OC)cc1. The van der Waals surface area contributed by atoms with Gasteiger partial charge in [-0.2, -0.15) is 0 Å². The number of sulfonamides is 1. The fourth-order valence-electron chi connectivity index (χ4n) is 4.64. The number of hydrogen-bond donors (Lipinski definition) is 2. The van der Waals surface area contributed by atoms with Crippen LogP contribution >= 0.6 is 0 Å². The number of methoxy groups -OCH3 is 1. The zero-order valence-electron chi connectivity index (χ0n) is 23.0. The molecule has 11 nitrogen and oxygen atoms in total. The fourth-order valence-corrected chi connectivity index (χ4v) is 5.96. The minimum Gasteiger partial charge on any atom is -0.497 e. The average molecular weight is 579 g/mol. The molecule has 0 aliphatic carbocycles. The lowest BCUT2D eigenvalue weighted by molar-refractivity contribution is -0.142. The molecule has 2 saturated heterocycles. The van der Waals surface area contributed by atoms with Crippen LogP contribution in [0.1, 0.15) is 32.3 Å². The van der Waals surface area contributed by atoms with Crippen molar-refractivity contribution in [3.8, 4) is 5.75 Å². The number of rotatable bonds is 13. The summed E-state index contributed by atoms with van der Waals surface area (Å²) in [6, 6.07) is 14.3. The summed E-state index contributed by atoms with van der Waals surface area (Å²) >= 11 is 0. The lowest BCUT2D eigenvalue weighted by Crippen LogP contribution is -2.51. The first-order valence-corrected chi connectivity index (χ1v) is 14.9. The second-order valence-electron chi connectivity index (χ2n) is 9.97. The van der Waals surface area contributed by atoms with E-state index in [9.17, 15) is 18.3 Å². The van der Waals surface area contributed by atoms with E-state index in [-0.39, 0.29) is 30.1 Å². The van der Waals surface area contributed by atoms with Crippen molar-refractivity contribution in [3.63, 3.8) is 0 Å². The summed E-state index contributed by atoms with van der Waals surface area (Å²) in [6.07, 6.45) is -1.87. The summed E-state index contributed by atoms with van der Waals surface area (Å²) in [5.74, 6) is 0.458. The molecule has 0 saturated carbocycles. The van der Waals surface area contributed by atoms with E-state index in [0.29, 0.717) is 18.8 Å². The number of hydroxylamine groups is 1. The minimum atomic E-state index is -4.17. The molecule has 2 unspecified atom stereocenters. The van der Waals surface area contributed by atoms with Crippen molar-refractivity contribution in [3.05, 3.63) is 60.2 Å². The molecule has 0 radical (unpaired) electrons. The van der Waals surface area contributed by atoms with Crippen LogP contribution in [0.2, 0.25) is 0 Å². The molecule has 0 aromatic heterocycles. The summed E-state index contributed by atoms with van der Waals surface area (Å²) in [7, 11) is -2.68. The van der Waals surface area contributed by atoms with E-state index in [2.05, 4.69) is 5.32 Å². The van der Waals surface area contributed by atoms with Crippen molar-refractivity contribution < 1.29 is 42.1 Å². The molecule has 0 spiro atoms. The van der Waals surface area contributed by atoms with E-state index < -0.39 is 47.0 Å². The molecular formula is C28H38N2O9S. The summed E-state index contributed by atoms with van der Waals surface area (Å²) in [4.78, 5) is 18.7. The Morgan fingerprint density at radius 3 is 2.55 bits per heavy atom. The number of nitrogens with one attached hydrogen (secondary N) is 1. The van der Waals surface area contributed by atoms with Crippen LogP contribution < -0.4 is 10.1 Å². The molecule has 40 heavy (non-hydrogen) atoms. The highest BCUT2D eigenvalue weighted by Crippen LogP contribution is 2.33. The number of ether oxygens (including phenoxy) is 4. The summed E-state index contributed by atoms with van der Waals surface area (Å²) in [5, 5.41) is 14.1. The first-order chi connectivity index (χ1) is 19.2. The predicted molar refractivity (Wildman–Crippen MR) is 145 cm³/mol. The van der Waals surface area contributed by atoms with Crippen molar-refractivity contribution in [2.45, 2.75) is 68.6 Å². The first-order valence-electron chi connectivity index (χ1n) is 13.5. The van der Waals surface area contributed by atoms with Crippen molar-refractivity contribution in [1.82, 2.24) is 9.79 Å². The molecule has 2 aliphatic rings.